The molecule has 64 valence electrons. The molecule has 0 heterocycles. The van der Waals surface area contributed by atoms with E-state index in [4.69, 9.17) is 4.55 Å². The van der Waals surface area contributed by atoms with E-state index in [0.29, 0.717) is 0 Å². The van der Waals surface area contributed by atoms with Crippen LogP contribution in [-0.4, -0.2) is 36.0 Å². The van der Waals surface area contributed by atoms with E-state index in [1.807, 2.05) is 0 Å². The Morgan fingerprint density at radius 1 is 1.33 bits per heavy atom. The Balaban J connectivity index is 0.00000121. The molecule has 0 saturated heterocycles. The zero-order chi connectivity index (χ0) is 8.48. The minimum Gasteiger partial charge on any atom is -0.282 e. The molecule has 0 saturated carbocycles. The van der Waals surface area contributed by atoms with Crippen LogP contribution in [0, 0.1) is 6.92 Å². The summed E-state index contributed by atoms with van der Waals surface area (Å²) in [6.07, 6.45) is 0. The quantitative estimate of drug-likeness (QED) is 0.523. The van der Waals surface area contributed by atoms with Crippen LogP contribution in [-0.2, 0) is 10.1 Å². The molecular weight excluding hydrogens is 188 g/mol. The second-order valence-corrected chi connectivity index (χ2v) is 3.71. The molecule has 0 atom stereocenters. The summed E-state index contributed by atoms with van der Waals surface area (Å²) in [5, 5.41) is 0. The molecule has 0 spiro atoms. The maximum atomic E-state index is 10.5. The molecule has 0 bridgehead atoms. The summed E-state index contributed by atoms with van der Waals surface area (Å²) in [4.78, 5) is -0.0579. The first kappa shape index (κ1) is 11.9. The normalized spacial score (nSPS) is 10.5. The molecule has 12 heavy (non-hydrogen) atoms. The fourth-order valence-corrected chi connectivity index (χ4v) is 1.36. The van der Waals surface area contributed by atoms with E-state index in [2.05, 4.69) is 0 Å². The zero-order valence-electron chi connectivity index (χ0n) is 5.98. The highest BCUT2D eigenvalue weighted by Gasteiger charge is 2.07. The summed E-state index contributed by atoms with van der Waals surface area (Å²) in [5.74, 6) is 0. The highest BCUT2D eigenvalue weighted by Crippen LogP contribution is 2.09. The molecule has 1 N–H and O–H groups in total. The van der Waals surface area contributed by atoms with Crippen molar-refractivity contribution in [3.63, 3.8) is 0 Å². The summed E-state index contributed by atoms with van der Waals surface area (Å²) >= 11 is 0. The third kappa shape index (κ3) is 3.10. The van der Waals surface area contributed by atoms with E-state index >= 15 is 0 Å². The standard InChI is InChI=1S/C7H8O3S.Mg.2H/c1-6-3-2-4-7(5-6)11(8,9)10;;;/h2-5H,1H3,(H,8,9,10);;;. The predicted molar refractivity (Wildman–Crippen MR) is 49.5 cm³/mol. The summed E-state index contributed by atoms with van der Waals surface area (Å²) in [6, 6.07) is 6.10. The molecule has 0 aliphatic heterocycles. The lowest BCUT2D eigenvalue weighted by molar-refractivity contribution is 0.483. The van der Waals surface area contributed by atoms with Crippen molar-refractivity contribution >= 4 is 33.2 Å². The van der Waals surface area contributed by atoms with Crippen LogP contribution in [0.5, 0.6) is 0 Å². The molecular formula is C7H10MgO3S. The smallest absolute Gasteiger partial charge is 0.282 e. The van der Waals surface area contributed by atoms with E-state index in [-0.39, 0.29) is 27.9 Å². The Bertz CT molecular complexity index is 359. The van der Waals surface area contributed by atoms with Gasteiger partial charge in [-0.2, -0.15) is 8.42 Å². The number of hydrogen-bond acceptors (Lipinski definition) is 2. The lowest BCUT2D eigenvalue weighted by Crippen LogP contribution is -1.97. The van der Waals surface area contributed by atoms with E-state index in [0.717, 1.165) is 5.56 Å². The van der Waals surface area contributed by atoms with E-state index in [9.17, 15) is 8.42 Å². The van der Waals surface area contributed by atoms with Crippen molar-refractivity contribution in [2.24, 2.45) is 0 Å². The van der Waals surface area contributed by atoms with Crippen molar-refractivity contribution < 1.29 is 13.0 Å². The molecule has 0 unspecified atom stereocenters. The molecule has 0 aromatic heterocycles. The van der Waals surface area contributed by atoms with Crippen LogP contribution >= 0.6 is 0 Å². The van der Waals surface area contributed by atoms with Crippen molar-refractivity contribution in [1.82, 2.24) is 0 Å². The Hall–Kier alpha value is -0.104. The van der Waals surface area contributed by atoms with Gasteiger partial charge in [-0.3, -0.25) is 4.55 Å². The molecule has 1 aromatic carbocycles. The van der Waals surface area contributed by atoms with Gasteiger partial charge >= 0.3 is 23.1 Å². The molecule has 0 aliphatic carbocycles. The van der Waals surface area contributed by atoms with E-state index in [1.54, 1.807) is 19.1 Å². The Morgan fingerprint density at radius 3 is 2.25 bits per heavy atom. The number of benzene rings is 1. The van der Waals surface area contributed by atoms with Crippen molar-refractivity contribution in [2.45, 2.75) is 11.8 Å². The topological polar surface area (TPSA) is 54.4 Å². The maximum Gasteiger partial charge on any atom is 0.316 e. The van der Waals surface area contributed by atoms with Gasteiger partial charge in [-0.25, -0.2) is 0 Å². The second-order valence-electron chi connectivity index (χ2n) is 2.29. The predicted octanol–water partition coefficient (Wildman–Crippen LogP) is 0.326. The Labute approximate surface area is 87.7 Å². The van der Waals surface area contributed by atoms with E-state index < -0.39 is 10.1 Å². The van der Waals surface area contributed by atoms with Crippen molar-refractivity contribution in [3.8, 4) is 0 Å². The van der Waals surface area contributed by atoms with Gasteiger partial charge in [-0.15, -0.1) is 0 Å². The van der Waals surface area contributed by atoms with Crippen LogP contribution in [0.3, 0.4) is 0 Å². The van der Waals surface area contributed by atoms with Gasteiger partial charge in [0.05, 0.1) is 4.90 Å². The molecule has 0 fully saturated rings. The number of rotatable bonds is 1. The van der Waals surface area contributed by atoms with Crippen LogP contribution in [0.2, 0.25) is 0 Å². The van der Waals surface area contributed by atoms with Gasteiger partial charge in [0.25, 0.3) is 10.1 Å². The van der Waals surface area contributed by atoms with Gasteiger partial charge in [0.15, 0.2) is 0 Å². The first-order valence-corrected chi connectivity index (χ1v) is 4.48. The number of aryl methyl sites for hydroxylation is 1. The van der Waals surface area contributed by atoms with Crippen LogP contribution in [0.25, 0.3) is 0 Å². The minimum atomic E-state index is -4.03. The van der Waals surface area contributed by atoms with Gasteiger partial charge in [0.2, 0.25) is 0 Å². The van der Waals surface area contributed by atoms with Crippen LogP contribution < -0.4 is 0 Å². The average Bonchev–Trinajstić information content (AvgIpc) is 1.86. The third-order valence-electron chi connectivity index (χ3n) is 1.29. The lowest BCUT2D eigenvalue weighted by Gasteiger charge is -1.96. The van der Waals surface area contributed by atoms with Gasteiger partial charge in [0.1, 0.15) is 0 Å². The van der Waals surface area contributed by atoms with Crippen LogP contribution in [0.1, 0.15) is 5.56 Å². The van der Waals surface area contributed by atoms with Gasteiger partial charge < -0.3 is 0 Å². The van der Waals surface area contributed by atoms with Gasteiger partial charge in [-0.1, -0.05) is 12.1 Å². The molecule has 3 nitrogen and oxygen atoms in total. The summed E-state index contributed by atoms with van der Waals surface area (Å²) in [6.45, 7) is 1.76. The average molecular weight is 199 g/mol. The largest absolute Gasteiger partial charge is 0.316 e. The first-order valence-electron chi connectivity index (χ1n) is 3.04. The first-order chi connectivity index (χ1) is 5.00. The van der Waals surface area contributed by atoms with E-state index in [1.165, 1.54) is 12.1 Å². The zero-order valence-corrected chi connectivity index (χ0v) is 6.80. The van der Waals surface area contributed by atoms with Crippen molar-refractivity contribution in [1.29, 1.82) is 0 Å². The highest BCUT2D eigenvalue weighted by atomic mass is 32.2. The summed E-state index contributed by atoms with van der Waals surface area (Å²) in [5.41, 5.74) is 0.806. The molecule has 0 radical (unpaired) electrons. The second kappa shape index (κ2) is 4.22. The molecule has 1 rings (SSSR count). The highest BCUT2D eigenvalue weighted by molar-refractivity contribution is 7.85. The SMILES string of the molecule is Cc1cccc(S(=O)(=O)O)c1.[MgH2]. The van der Waals surface area contributed by atoms with Crippen molar-refractivity contribution in [2.75, 3.05) is 0 Å². The summed E-state index contributed by atoms with van der Waals surface area (Å²) in [7, 11) is -4.03. The molecule has 0 aliphatic rings. The third-order valence-corrected chi connectivity index (χ3v) is 2.14. The van der Waals surface area contributed by atoms with Crippen LogP contribution in [0.15, 0.2) is 29.2 Å². The molecule has 0 amide bonds. The Morgan fingerprint density at radius 2 is 1.92 bits per heavy atom. The van der Waals surface area contributed by atoms with Crippen LogP contribution in [0.4, 0.5) is 0 Å². The lowest BCUT2D eigenvalue weighted by atomic mass is 10.2. The fraction of sp³-hybridized carbons (Fsp3) is 0.143. The Kier molecular flexibility index (Phi) is 4.19. The van der Waals surface area contributed by atoms with Gasteiger partial charge in [0, 0.05) is 0 Å². The van der Waals surface area contributed by atoms with Gasteiger partial charge in [-0.05, 0) is 24.6 Å². The fourth-order valence-electron chi connectivity index (χ4n) is 0.776. The monoisotopic (exact) mass is 198 g/mol. The maximum absolute atomic E-state index is 10.5. The summed E-state index contributed by atoms with van der Waals surface area (Å²) < 4.78 is 29.7. The van der Waals surface area contributed by atoms with Crippen molar-refractivity contribution in [3.05, 3.63) is 29.8 Å². The number of hydrogen-bond donors (Lipinski definition) is 1. The molecule has 5 heteroatoms. The molecule has 1 aromatic rings. The minimum absolute atomic E-state index is 0.